The zero-order chi connectivity index (χ0) is 18.4. The minimum Gasteiger partial charge on any atom is -0.462 e. The Bertz CT molecular complexity index is 754. The van der Waals surface area contributed by atoms with Crippen LogP contribution < -0.4 is 5.32 Å². The van der Waals surface area contributed by atoms with Gasteiger partial charge in [-0.05, 0) is 60.5 Å². The summed E-state index contributed by atoms with van der Waals surface area (Å²) in [5.41, 5.74) is 2.83. The van der Waals surface area contributed by atoms with Crippen molar-refractivity contribution in [3.8, 4) is 0 Å². The van der Waals surface area contributed by atoms with Crippen molar-refractivity contribution in [2.24, 2.45) is 0 Å². The van der Waals surface area contributed by atoms with Crippen LogP contribution in [0.15, 0.2) is 28.7 Å². The number of unbranched alkanes of at least 4 members (excludes halogenated alkanes) is 1. The van der Waals surface area contributed by atoms with Crippen LogP contribution in [0.25, 0.3) is 0 Å². The van der Waals surface area contributed by atoms with Crippen molar-refractivity contribution >= 4 is 33.5 Å². The zero-order valence-electron chi connectivity index (χ0n) is 14.6. The Morgan fingerprint density at radius 3 is 2.48 bits per heavy atom. The van der Waals surface area contributed by atoms with Crippen molar-refractivity contribution in [3.05, 3.63) is 45.7 Å². The highest BCUT2D eigenvalue weighted by molar-refractivity contribution is 9.10. The number of nitrogens with zero attached hydrogens (tertiary/aromatic N) is 2. The maximum atomic E-state index is 12.2. The van der Waals surface area contributed by atoms with E-state index >= 15 is 0 Å². The van der Waals surface area contributed by atoms with Gasteiger partial charge < -0.3 is 10.1 Å². The number of hydrogen-bond acceptors (Lipinski definition) is 4. The highest BCUT2D eigenvalue weighted by Crippen LogP contribution is 2.19. The van der Waals surface area contributed by atoms with Gasteiger partial charge in [0, 0.05) is 5.69 Å². The third kappa shape index (κ3) is 5.16. The van der Waals surface area contributed by atoms with Crippen molar-refractivity contribution < 1.29 is 14.3 Å². The number of aryl methyl sites for hydroxylation is 1. The quantitative estimate of drug-likeness (QED) is 0.558. The number of benzene rings is 1. The summed E-state index contributed by atoms with van der Waals surface area (Å²) in [5.74, 6) is -0.532. The van der Waals surface area contributed by atoms with Crippen LogP contribution in [0, 0.1) is 13.8 Å². The van der Waals surface area contributed by atoms with Crippen molar-refractivity contribution in [1.29, 1.82) is 0 Å². The topological polar surface area (TPSA) is 73.2 Å². The summed E-state index contributed by atoms with van der Waals surface area (Å²) < 4.78 is 7.71. The molecule has 1 aromatic carbocycles. The maximum Gasteiger partial charge on any atom is 0.338 e. The third-order valence-electron chi connectivity index (χ3n) is 3.72. The second kappa shape index (κ2) is 8.80. The molecule has 1 amide bonds. The first-order chi connectivity index (χ1) is 11.9. The SMILES string of the molecule is CCCCOC(=O)c1ccc(NC(=O)Cn2nc(C)c(Br)c2C)cc1. The average molecular weight is 408 g/mol. The van der Waals surface area contributed by atoms with E-state index in [4.69, 9.17) is 4.74 Å². The van der Waals surface area contributed by atoms with E-state index in [-0.39, 0.29) is 18.4 Å². The van der Waals surface area contributed by atoms with Crippen LogP contribution in [0.5, 0.6) is 0 Å². The molecule has 6 nitrogen and oxygen atoms in total. The van der Waals surface area contributed by atoms with Gasteiger partial charge in [0.2, 0.25) is 5.91 Å². The van der Waals surface area contributed by atoms with Gasteiger partial charge >= 0.3 is 5.97 Å². The summed E-state index contributed by atoms with van der Waals surface area (Å²) in [7, 11) is 0. The Kier molecular flexibility index (Phi) is 6.75. The van der Waals surface area contributed by atoms with Crippen molar-refractivity contribution in [2.75, 3.05) is 11.9 Å². The molecule has 0 bridgehead atoms. The number of esters is 1. The van der Waals surface area contributed by atoms with Crippen LogP contribution in [0.2, 0.25) is 0 Å². The Labute approximate surface area is 155 Å². The third-order valence-corrected chi connectivity index (χ3v) is 4.87. The predicted molar refractivity (Wildman–Crippen MR) is 99.7 cm³/mol. The molecule has 2 aromatic rings. The molecule has 1 heterocycles. The molecule has 7 heteroatoms. The lowest BCUT2D eigenvalue weighted by Gasteiger charge is -2.08. The average Bonchev–Trinajstić information content (AvgIpc) is 2.82. The first kappa shape index (κ1) is 19.2. The molecule has 0 spiro atoms. The van der Waals surface area contributed by atoms with Gasteiger partial charge in [-0.1, -0.05) is 13.3 Å². The van der Waals surface area contributed by atoms with E-state index < -0.39 is 0 Å². The number of ether oxygens (including phenoxy) is 1. The number of aromatic nitrogens is 2. The minimum absolute atomic E-state index is 0.124. The summed E-state index contributed by atoms with van der Waals surface area (Å²) in [5, 5.41) is 7.11. The molecule has 0 unspecified atom stereocenters. The number of nitrogens with one attached hydrogen (secondary N) is 1. The van der Waals surface area contributed by atoms with Gasteiger partial charge in [-0.2, -0.15) is 5.10 Å². The molecule has 2 rings (SSSR count). The summed E-state index contributed by atoms with van der Waals surface area (Å²) in [4.78, 5) is 24.0. The lowest BCUT2D eigenvalue weighted by Crippen LogP contribution is -2.20. The van der Waals surface area contributed by atoms with E-state index in [1.54, 1.807) is 28.9 Å². The van der Waals surface area contributed by atoms with Gasteiger partial charge in [-0.25, -0.2) is 4.79 Å². The summed E-state index contributed by atoms with van der Waals surface area (Å²) in [6.07, 6.45) is 1.83. The van der Waals surface area contributed by atoms with Gasteiger partial charge in [-0.3, -0.25) is 9.48 Å². The van der Waals surface area contributed by atoms with E-state index in [0.717, 1.165) is 28.7 Å². The van der Waals surface area contributed by atoms with Crippen LogP contribution in [0.4, 0.5) is 5.69 Å². The molecule has 0 radical (unpaired) electrons. The second-order valence-electron chi connectivity index (χ2n) is 5.76. The smallest absolute Gasteiger partial charge is 0.338 e. The predicted octanol–water partition coefficient (Wildman–Crippen LogP) is 3.86. The number of halogens is 1. The molecule has 134 valence electrons. The summed E-state index contributed by atoms with van der Waals surface area (Å²) in [6.45, 7) is 6.36. The molecule has 0 aliphatic rings. The second-order valence-corrected chi connectivity index (χ2v) is 6.55. The molecular formula is C18H22BrN3O3. The molecule has 0 fully saturated rings. The van der Waals surface area contributed by atoms with E-state index in [0.29, 0.717) is 17.9 Å². The number of carbonyl (C=O) groups excluding carboxylic acids is 2. The maximum absolute atomic E-state index is 12.2. The number of hydrogen-bond donors (Lipinski definition) is 1. The van der Waals surface area contributed by atoms with Gasteiger partial charge in [-0.15, -0.1) is 0 Å². The molecule has 0 aliphatic carbocycles. The first-order valence-corrected chi connectivity index (χ1v) is 8.98. The van der Waals surface area contributed by atoms with Crippen LogP contribution in [0.3, 0.4) is 0 Å². The fourth-order valence-corrected chi connectivity index (χ4v) is 2.53. The Morgan fingerprint density at radius 2 is 1.92 bits per heavy atom. The fourth-order valence-electron chi connectivity index (χ4n) is 2.25. The van der Waals surface area contributed by atoms with Crippen molar-refractivity contribution in [2.45, 2.75) is 40.2 Å². The Morgan fingerprint density at radius 1 is 1.24 bits per heavy atom. The van der Waals surface area contributed by atoms with Crippen LogP contribution >= 0.6 is 15.9 Å². The molecule has 1 N–H and O–H groups in total. The van der Waals surface area contributed by atoms with Crippen LogP contribution in [0.1, 0.15) is 41.5 Å². The normalized spacial score (nSPS) is 10.6. The molecule has 25 heavy (non-hydrogen) atoms. The lowest BCUT2D eigenvalue weighted by molar-refractivity contribution is -0.116. The number of rotatable bonds is 7. The zero-order valence-corrected chi connectivity index (χ0v) is 16.2. The van der Waals surface area contributed by atoms with E-state index in [9.17, 15) is 9.59 Å². The Balaban J connectivity index is 1.93. The van der Waals surface area contributed by atoms with Crippen molar-refractivity contribution in [1.82, 2.24) is 9.78 Å². The van der Waals surface area contributed by atoms with Gasteiger partial charge in [0.05, 0.1) is 28.0 Å². The Hall–Kier alpha value is -2.15. The molecular weight excluding hydrogens is 386 g/mol. The van der Waals surface area contributed by atoms with Crippen LogP contribution in [-0.2, 0) is 16.1 Å². The number of anilines is 1. The number of carbonyl (C=O) groups is 2. The summed E-state index contributed by atoms with van der Waals surface area (Å²) >= 11 is 3.44. The largest absolute Gasteiger partial charge is 0.462 e. The monoisotopic (exact) mass is 407 g/mol. The van der Waals surface area contributed by atoms with E-state index in [2.05, 4.69) is 26.3 Å². The minimum atomic E-state index is -0.348. The van der Waals surface area contributed by atoms with Crippen LogP contribution in [-0.4, -0.2) is 28.3 Å². The van der Waals surface area contributed by atoms with Crippen molar-refractivity contribution in [3.63, 3.8) is 0 Å². The van der Waals surface area contributed by atoms with Gasteiger partial charge in [0.25, 0.3) is 0 Å². The number of amides is 1. The molecule has 1 aromatic heterocycles. The fraction of sp³-hybridized carbons (Fsp3) is 0.389. The van der Waals surface area contributed by atoms with Gasteiger partial charge in [0.1, 0.15) is 6.54 Å². The molecule has 0 saturated carbocycles. The standard InChI is InChI=1S/C18H22BrN3O3/c1-4-5-10-25-18(24)14-6-8-15(9-7-14)20-16(23)11-22-13(3)17(19)12(2)21-22/h6-9H,4-5,10-11H2,1-3H3,(H,20,23). The highest BCUT2D eigenvalue weighted by atomic mass is 79.9. The molecule has 0 saturated heterocycles. The summed E-state index contributed by atoms with van der Waals surface area (Å²) in [6, 6.07) is 6.66. The van der Waals surface area contributed by atoms with E-state index in [1.165, 1.54) is 0 Å². The first-order valence-electron chi connectivity index (χ1n) is 8.19. The van der Waals surface area contributed by atoms with Gasteiger partial charge in [0.15, 0.2) is 0 Å². The van der Waals surface area contributed by atoms with E-state index in [1.807, 2.05) is 20.8 Å². The lowest BCUT2D eigenvalue weighted by atomic mass is 10.2. The molecule has 0 aliphatic heterocycles. The molecule has 0 atom stereocenters. The highest BCUT2D eigenvalue weighted by Gasteiger charge is 2.12.